The zero-order valence-corrected chi connectivity index (χ0v) is 14.0. The summed E-state index contributed by atoms with van der Waals surface area (Å²) in [7, 11) is 0. The van der Waals surface area contributed by atoms with Gasteiger partial charge < -0.3 is 0 Å². The van der Waals surface area contributed by atoms with Crippen LogP contribution in [-0.2, 0) is 0 Å². The summed E-state index contributed by atoms with van der Waals surface area (Å²) in [5.41, 5.74) is 4.79. The maximum Gasteiger partial charge on any atom is 0.0232 e. The molecule has 0 bridgehead atoms. The fourth-order valence-corrected chi connectivity index (χ4v) is 3.66. The maximum atomic E-state index is 4.21. The smallest absolute Gasteiger partial charge is 0.0232 e. The molecule has 104 valence electrons. The van der Waals surface area contributed by atoms with Crippen LogP contribution in [0, 0.1) is 0 Å². The van der Waals surface area contributed by atoms with Gasteiger partial charge in [-0.1, -0.05) is 77.1 Å². The molecule has 1 aliphatic heterocycles. The maximum absolute atomic E-state index is 4.21. The molecule has 1 aliphatic rings. The first-order valence-electron chi connectivity index (χ1n) is 6.80. The first kappa shape index (κ1) is 14.4. The number of allylic oxidation sites excluding steroid dienone is 4. The summed E-state index contributed by atoms with van der Waals surface area (Å²) in [6.07, 6.45) is 8.40. The zero-order valence-electron chi connectivity index (χ0n) is 11.6. The molecule has 0 saturated carbocycles. The Morgan fingerprint density at radius 1 is 0.952 bits per heavy atom. The minimum absolute atomic E-state index is 0.970. The van der Waals surface area contributed by atoms with Crippen LogP contribution in [0.3, 0.4) is 0 Å². The van der Waals surface area contributed by atoms with E-state index in [4.69, 9.17) is 0 Å². The SMILES string of the molecule is C=C1/C=C\C=C/CSc2c1cccc2-c1ccc(Br)cc1. The number of benzene rings is 2. The van der Waals surface area contributed by atoms with Crippen LogP contribution in [0.1, 0.15) is 5.56 Å². The molecule has 1 heterocycles. The van der Waals surface area contributed by atoms with E-state index in [1.54, 1.807) is 0 Å². The van der Waals surface area contributed by atoms with Crippen molar-refractivity contribution >= 4 is 33.3 Å². The Kier molecular flexibility index (Phi) is 4.47. The van der Waals surface area contributed by atoms with Crippen molar-refractivity contribution in [2.24, 2.45) is 0 Å². The number of fused-ring (bicyclic) bond motifs is 1. The summed E-state index contributed by atoms with van der Waals surface area (Å²) in [5, 5.41) is 0. The van der Waals surface area contributed by atoms with Crippen LogP contribution in [0.25, 0.3) is 16.7 Å². The highest BCUT2D eigenvalue weighted by Crippen LogP contribution is 2.38. The Morgan fingerprint density at radius 3 is 2.52 bits per heavy atom. The van der Waals surface area contributed by atoms with E-state index >= 15 is 0 Å². The molecule has 0 aromatic heterocycles. The van der Waals surface area contributed by atoms with Crippen molar-refractivity contribution in [1.29, 1.82) is 0 Å². The monoisotopic (exact) mass is 354 g/mol. The van der Waals surface area contributed by atoms with Crippen LogP contribution in [0.15, 0.2) is 82.7 Å². The molecule has 0 unspecified atom stereocenters. The molecule has 0 N–H and O–H groups in total. The highest BCUT2D eigenvalue weighted by Gasteiger charge is 2.12. The molecule has 0 nitrogen and oxygen atoms in total. The van der Waals surface area contributed by atoms with Crippen molar-refractivity contribution in [2.45, 2.75) is 4.90 Å². The second-order valence-corrected chi connectivity index (χ2v) is 6.76. The summed E-state index contributed by atoms with van der Waals surface area (Å²) >= 11 is 5.36. The Bertz CT molecular complexity index is 724. The molecule has 0 amide bonds. The molecule has 0 atom stereocenters. The van der Waals surface area contributed by atoms with Crippen molar-refractivity contribution in [3.8, 4) is 11.1 Å². The number of hydrogen-bond acceptors (Lipinski definition) is 1. The Labute approximate surface area is 138 Å². The minimum Gasteiger partial charge on any atom is -0.121 e. The first-order chi connectivity index (χ1) is 10.3. The lowest BCUT2D eigenvalue weighted by atomic mass is 9.99. The molecule has 2 heteroatoms. The number of thioether (sulfide) groups is 1. The van der Waals surface area contributed by atoms with Crippen LogP contribution in [0.4, 0.5) is 0 Å². The van der Waals surface area contributed by atoms with E-state index in [0.29, 0.717) is 0 Å². The molecular weight excluding hydrogens is 340 g/mol. The van der Waals surface area contributed by atoms with Crippen LogP contribution in [0.2, 0.25) is 0 Å². The van der Waals surface area contributed by atoms with Gasteiger partial charge in [-0.05, 0) is 34.4 Å². The topological polar surface area (TPSA) is 0 Å². The molecule has 2 aromatic rings. The molecule has 0 saturated heterocycles. The highest BCUT2D eigenvalue weighted by molar-refractivity contribution is 9.10. The molecular formula is C19H15BrS. The van der Waals surface area contributed by atoms with E-state index in [2.05, 4.69) is 89.3 Å². The molecule has 0 fully saturated rings. The quantitative estimate of drug-likeness (QED) is 0.575. The number of halogens is 1. The van der Waals surface area contributed by atoms with E-state index in [9.17, 15) is 0 Å². The summed E-state index contributed by atoms with van der Waals surface area (Å²) in [6.45, 7) is 4.21. The average molecular weight is 355 g/mol. The largest absolute Gasteiger partial charge is 0.121 e. The van der Waals surface area contributed by atoms with Gasteiger partial charge >= 0.3 is 0 Å². The molecule has 0 radical (unpaired) electrons. The van der Waals surface area contributed by atoms with Gasteiger partial charge in [0.15, 0.2) is 0 Å². The number of hydrogen-bond donors (Lipinski definition) is 0. The second kappa shape index (κ2) is 6.50. The second-order valence-electron chi connectivity index (χ2n) is 4.81. The fraction of sp³-hybridized carbons (Fsp3) is 0.0526. The molecule has 2 aromatic carbocycles. The molecule has 0 spiro atoms. The van der Waals surface area contributed by atoms with Crippen LogP contribution >= 0.6 is 27.7 Å². The third kappa shape index (κ3) is 3.22. The summed E-state index contributed by atoms with van der Waals surface area (Å²) in [5.74, 6) is 0.970. The van der Waals surface area contributed by atoms with Crippen molar-refractivity contribution in [3.05, 3.63) is 83.4 Å². The Hall–Kier alpha value is -1.51. The minimum atomic E-state index is 0.970. The van der Waals surface area contributed by atoms with Gasteiger partial charge in [0.2, 0.25) is 0 Å². The summed E-state index contributed by atoms with van der Waals surface area (Å²) in [4.78, 5) is 1.31. The lowest BCUT2D eigenvalue weighted by molar-refractivity contribution is 1.39. The van der Waals surface area contributed by atoms with E-state index in [-0.39, 0.29) is 0 Å². The van der Waals surface area contributed by atoms with Crippen LogP contribution < -0.4 is 0 Å². The Balaban J connectivity index is 2.15. The lowest BCUT2D eigenvalue weighted by Crippen LogP contribution is -1.90. The lowest BCUT2D eigenvalue weighted by Gasteiger charge is -2.14. The highest BCUT2D eigenvalue weighted by atomic mass is 79.9. The third-order valence-electron chi connectivity index (χ3n) is 3.38. The third-order valence-corrected chi connectivity index (χ3v) is 5.00. The van der Waals surface area contributed by atoms with Crippen molar-refractivity contribution < 1.29 is 0 Å². The van der Waals surface area contributed by atoms with Crippen LogP contribution in [0.5, 0.6) is 0 Å². The molecule has 0 aliphatic carbocycles. The predicted molar refractivity (Wildman–Crippen MR) is 97.6 cm³/mol. The van der Waals surface area contributed by atoms with Crippen LogP contribution in [-0.4, -0.2) is 5.75 Å². The summed E-state index contributed by atoms with van der Waals surface area (Å²) < 4.78 is 1.10. The van der Waals surface area contributed by atoms with Gasteiger partial charge in [0, 0.05) is 15.1 Å². The normalized spacial score (nSPS) is 17.3. The van der Waals surface area contributed by atoms with E-state index < -0.39 is 0 Å². The Morgan fingerprint density at radius 2 is 1.71 bits per heavy atom. The standard InChI is InChI=1S/C19H15BrS/c1-14-6-3-2-4-13-21-19-17(14)7-5-8-18(19)15-9-11-16(20)12-10-15/h2-12H,1,13H2/b4-2-,6-3-. The van der Waals surface area contributed by atoms with Gasteiger partial charge in [-0.25, -0.2) is 0 Å². The van der Waals surface area contributed by atoms with Crippen molar-refractivity contribution in [2.75, 3.05) is 5.75 Å². The first-order valence-corrected chi connectivity index (χ1v) is 8.58. The predicted octanol–water partition coefficient (Wildman–Crippen LogP) is 6.35. The van der Waals surface area contributed by atoms with Gasteiger partial charge in [-0.15, -0.1) is 11.8 Å². The van der Waals surface area contributed by atoms with Gasteiger partial charge in [-0.3, -0.25) is 0 Å². The number of rotatable bonds is 1. The zero-order chi connectivity index (χ0) is 14.7. The van der Waals surface area contributed by atoms with Gasteiger partial charge in [0.25, 0.3) is 0 Å². The molecule has 21 heavy (non-hydrogen) atoms. The van der Waals surface area contributed by atoms with Crippen molar-refractivity contribution in [1.82, 2.24) is 0 Å². The summed E-state index contributed by atoms with van der Waals surface area (Å²) in [6, 6.07) is 14.9. The van der Waals surface area contributed by atoms with Gasteiger partial charge in [0.1, 0.15) is 0 Å². The van der Waals surface area contributed by atoms with E-state index in [1.807, 2.05) is 11.8 Å². The van der Waals surface area contributed by atoms with Gasteiger partial charge in [0.05, 0.1) is 0 Å². The fourth-order valence-electron chi connectivity index (χ4n) is 2.33. The van der Waals surface area contributed by atoms with Crippen molar-refractivity contribution in [3.63, 3.8) is 0 Å². The van der Waals surface area contributed by atoms with Gasteiger partial charge in [-0.2, -0.15) is 0 Å². The van der Waals surface area contributed by atoms with E-state index in [1.165, 1.54) is 21.6 Å². The average Bonchev–Trinajstić information content (AvgIpc) is 2.59. The molecule has 3 rings (SSSR count). The van der Waals surface area contributed by atoms with E-state index in [0.717, 1.165) is 15.8 Å².